The van der Waals surface area contributed by atoms with Gasteiger partial charge in [0.2, 0.25) is 5.91 Å². The van der Waals surface area contributed by atoms with Crippen molar-refractivity contribution in [2.75, 3.05) is 32.0 Å². The van der Waals surface area contributed by atoms with Gasteiger partial charge in [0.25, 0.3) is 0 Å². The fourth-order valence-electron chi connectivity index (χ4n) is 1.86. The molecular formula is C13H16Cl2N4O. The van der Waals surface area contributed by atoms with Crippen molar-refractivity contribution in [3.05, 3.63) is 28.2 Å². The molecule has 1 heterocycles. The SMILES string of the molecule is CN1CCN=C1NCCC(=O)Nc1cc(Cl)cc(Cl)c1. The largest absolute Gasteiger partial charge is 0.356 e. The van der Waals surface area contributed by atoms with Crippen LogP contribution >= 0.6 is 23.2 Å². The van der Waals surface area contributed by atoms with Crippen LogP contribution in [0.4, 0.5) is 5.69 Å². The van der Waals surface area contributed by atoms with Gasteiger partial charge in [-0.25, -0.2) is 0 Å². The number of carbonyl (C=O) groups is 1. The van der Waals surface area contributed by atoms with Gasteiger partial charge in [-0.05, 0) is 18.2 Å². The second kappa shape index (κ2) is 6.81. The zero-order chi connectivity index (χ0) is 14.5. The van der Waals surface area contributed by atoms with Gasteiger partial charge in [-0.15, -0.1) is 0 Å². The molecule has 20 heavy (non-hydrogen) atoms. The van der Waals surface area contributed by atoms with E-state index in [1.165, 1.54) is 0 Å². The molecule has 0 aromatic heterocycles. The van der Waals surface area contributed by atoms with Crippen molar-refractivity contribution in [1.29, 1.82) is 0 Å². The lowest BCUT2D eigenvalue weighted by Crippen LogP contribution is -2.37. The lowest BCUT2D eigenvalue weighted by Gasteiger charge is -2.15. The molecule has 0 atom stereocenters. The minimum absolute atomic E-state index is 0.0999. The molecule has 7 heteroatoms. The van der Waals surface area contributed by atoms with Crippen LogP contribution in [0.1, 0.15) is 6.42 Å². The van der Waals surface area contributed by atoms with Crippen molar-refractivity contribution in [2.24, 2.45) is 4.99 Å². The van der Waals surface area contributed by atoms with Crippen molar-refractivity contribution in [2.45, 2.75) is 6.42 Å². The van der Waals surface area contributed by atoms with E-state index in [4.69, 9.17) is 23.2 Å². The third kappa shape index (κ3) is 4.28. The van der Waals surface area contributed by atoms with Crippen LogP contribution in [-0.2, 0) is 4.79 Å². The first-order valence-corrected chi connectivity index (χ1v) is 7.05. The number of aliphatic imine (C=N–C) groups is 1. The molecule has 0 fully saturated rings. The van der Waals surface area contributed by atoms with Gasteiger partial charge in [0, 0.05) is 42.3 Å². The third-order valence-corrected chi connectivity index (χ3v) is 3.28. The zero-order valence-corrected chi connectivity index (χ0v) is 12.6. The highest BCUT2D eigenvalue weighted by Crippen LogP contribution is 2.22. The highest BCUT2D eigenvalue weighted by atomic mass is 35.5. The number of likely N-dealkylation sites (N-methyl/N-ethyl adjacent to an activating group) is 1. The normalized spacial score (nSPS) is 14.2. The van der Waals surface area contributed by atoms with Gasteiger partial charge in [0.1, 0.15) is 0 Å². The number of hydrogen-bond acceptors (Lipinski definition) is 4. The highest BCUT2D eigenvalue weighted by molar-refractivity contribution is 6.35. The van der Waals surface area contributed by atoms with Gasteiger partial charge < -0.3 is 15.5 Å². The molecule has 0 radical (unpaired) electrons. The number of rotatable bonds is 4. The monoisotopic (exact) mass is 314 g/mol. The molecule has 2 rings (SSSR count). The number of anilines is 1. The first-order valence-electron chi connectivity index (χ1n) is 6.30. The lowest BCUT2D eigenvalue weighted by atomic mass is 10.3. The smallest absolute Gasteiger partial charge is 0.226 e. The van der Waals surface area contributed by atoms with Gasteiger partial charge in [0.05, 0.1) is 6.54 Å². The van der Waals surface area contributed by atoms with Crippen LogP contribution in [0, 0.1) is 0 Å². The summed E-state index contributed by atoms with van der Waals surface area (Å²) in [5.74, 6) is 0.737. The predicted molar refractivity (Wildman–Crippen MR) is 82.6 cm³/mol. The number of benzene rings is 1. The summed E-state index contributed by atoms with van der Waals surface area (Å²) in [5.41, 5.74) is 0.600. The van der Waals surface area contributed by atoms with Gasteiger partial charge in [-0.3, -0.25) is 9.79 Å². The van der Waals surface area contributed by atoms with Crippen molar-refractivity contribution < 1.29 is 4.79 Å². The summed E-state index contributed by atoms with van der Waals surface area (Å²) in [5, 5.41) is 6.88. The van der Waals surface area contributed by atoms with E-state index in [2.05, 4.69) is 15.6 Å². The third-order valence-electron chi connectivity index (χ3n) is 2.84. The van der Waals surface area contributed by atoms with E-state index in [0.717, 1.165) is 19.0 Å². The molecule has 108 valence electrons. The molecular weight excluding hydrogens is 299 g/mol. The minimum Gasteiger partial charge on any atom is -0.356 e. The van der Waals surface area contributed by atoms with Crippen LogP contribution in [-0.4, -0.2) is 43.4 Å². The van der Waals surface area contributed by atoms with Crippen molar-refractivity contribution in [1.82, 2.24) is 10.2 Å². The molecule has 1 aliphatic heterocycles. The fourth-order valence-corrected chi connectivity index (χ4v) is 2.39. The first-order chi connectivity index (χ1) is 9.54. The van der Waals surface area contributed by atoms with E-state index >= 15 is 0 Å². The Morgan fingerprint density at radius 3 is 2.65 bits per heavy atom. The number of carbonyl (C=O) groups excluding carboxylic acids is 1. The van der Waals surface area contributed by atoms with E-state index < -0.39 is 0 Å². The Labute approximate surface area is 128 Å². The summed E-state index contributed by atoms with van der Waals surface area (Å²) in [6.07, 6.45) is 0.344. The number of hydrogen-bond donors (Lipinski definition) is 2. The Balaban J connectivity index is 1.78. The summed E-state index contributed by atoms with van der Waals surface area (Å²) < 4.78 is 0. The van der Waals surface area contributed by atoms with Crippen LogP contribution in [0.3, 0.4) is 0 Å². The maximum absolute atomic E-state index is 11.8. The number of guanidine groups is 1. The molecule has 0 saturated heterocycles. The average molecular weight is 315 g/mol. The first kappa shape index (κ1) is 14.9. The molecule has 0 aliphatic carbocycles. The van der Waals surface area contributed by atoms with Crippen molar-refractivity contribution >= 4 is 40.8 Å². The quantitative estimate of drug-likeness (QED) is 0.896. The van der Waals surface area contributed by atoms with E-state index in [-0.39, 0.29) is 5.91 Å². The van der Waals surface area contributed by atoms with Crippen LogP contribution in [0.15, 0.2) is 23.2 Å². The molecule has 0 unspecified atom stereocenters. The molecule has 2 N–H and O–H groups in total. The van der Waals surface area contributed by atoms with Crippen LogP contribution < -0.4 is 10.6 Å². The zero-order valence-electron chi connectivity index (χ0n) is 11.1. The lowest BCUT2D eigenvalue weighted by molar-refractivity contribution is -0.116. The van der Waals surface area contributed by atoms with Gasteiger partial charge in [0.15, 0.2) is 5.96 Å². The molecule has 0 saturated carbocycles. The van der Waals surface area contributed by atoms with Gasteiger partial charge >= 0.3 is 0 Å². The second-order valence-electron chi connectivity index (χ2n) is 4.51. The van der Waals surface area contributed by atoms with Gasteiger partial charge in [-0.1, -0.05) is 23.2 Å². The van der Waals surface area contributed by atoms with E-state index in [1.807, 2.05) is 11.9 Å². The second-order valence-corrected chi connectivity index (χ2v) is 5.38. The molecule has 5 nitrogen and oxygen atoms in total. The maximum atomic E-state index is 11.8. The minimum atomic E-state index is -0.0999. The standard InChI is InChI=1S/C13H16Cl2N4O/c1-19-5-4-17-13(19)16-3-2-12(20)18-11-7-9(14)6-10(15)8-11/h6-8H,2-5H2,1H3,(H,16,17)(H,18,20). The fraction of sp³-hybridized carbons (Fsp3) is 0.385. The van der Waals surface area contributed by atoms with Gasteiger partial charge in [-0.2, -0.15) is 0 Å². The average Bonchev–Trinajstić information content (AvgIpc) is 2.73. The summed E-state index contributed by atoms with van der Waals surface area (Å²) in [6, 6.07) is 4.94. The Bertz CT molecular complexity index is 513. The Kier molecular flexibility index (Phi) is 5.09. The van der Waals surface area contributed by atoms with Crippen LogP contribution in [0.25, 0.3) is 0 Å². The number of nitrogens with zero attached hydrogens (tertiary/aromatic N) is 2. The molecule has 1 aromatic carbocycles. The molecule has 1 amide bonds. The number of nitrogens with one attached hydrogen (secondary N) is 2. The molecule has 1 aliphatic rings. The van der Waals surface area contributed by atoms with Crippen molar-refractivity contribution in [3.8, 4) is 0 Å². The summed E-state index contributed by atoms with van der Waals surface area (Å²) >= 11 is 11.7. The van der Waals surface area contributed by atoms with E-state index in [0.29, 0.717) is 28.7 Å². The van der Waals surface area contributed by atoms with Crippen molar-refractivity contribution in [3.63, 3.8) is 0 Å². The number of halogens is 2. The summed E-state index contributed by atoms with van der Waals surface area (Å²) in [7, 11) is 1.97. The predicted octanol–water partition coefficient (Wildman–Crippen LogP) is 2.21. The Morgan fingerprint density at radius 1 is 1.35 bits per heavy atom. The molecule has 0 spiro atoms. The Morgan fingerprint density at radius 2 is 2.05 bits per heavy atom. The molecule has 1 aromatic rings. The highest BCUT2D eigenvalue weighted by Gasteiger charge is 2.12. The number of amides is 1. The van der Waals surface area contributed by atoms with Crippen LogP contribution in [0.2, 0.25) is 10.0 Å². The topological polar surface area (TPSA) is 56.7 Å². The summed E-state index contributed by atoms with van der Waals surface area (Å²) in [6.45, 7) is 2.24. The van der Waals surface area contributed by atoms with Crippen LogP contribution in [0.5, 0.6) is 0 Å². The van der Waals surface area contributed by atoms with E-state index in [9.17, 15) is 4.79 Å². The Hall–Kier alpha value is -1.46. The molecule has 0 bridgehead atoms. The maximum Gasteiger partial charge on any atom is 0.226 e. The van der Waals surface area contributed by atoms with E-state index in [1.54, 1.807) is 18.2 Å². The summed E-state index contributed by atoms with van der Waals surface area (Å²) in [4.78, 5) is 18.1.